The zero-order chi connectivity index (χ0) is 10.8. The van der Waals surface area contributed by atoms with Gasteiger partial charge in [0.2, 0.25) is 0 Å². The Hall–Kier alpha value is 0.390. The van der Waals surface area contributed by atoms with E-state index in [1.54, 1.807) is 0 Å². The number of hydrogen-bond acceptors (Lipinski definition) is 2. The van der Waals surface area contributed by atoms with Gasteiger partial charge in [-0.25, -0.2) is 0 Å². The van der Waals surface area contributed by atoms with Crippen LogP contribution in [0.15, 0.2) is 9.15 Å². The minimum atomic E-state index is 0.299. The van der Waals surface area contributed by atoms with E-state index >= 15 is 0 Å². The Morgan fingerprint density at radius 3 is 1.93 bits per heavy atom. The van der Waals surface area contributed by atoms with Crippen LogP contribution in [0.2, 0.25) is 0 Å². The quantitative estimate of drug-likeness (QED) is 0.534. The third-order valence-corrected chi connectivity index (χ3v) is 3.69. The van der Waals surface area contributed by atoms with E-state index in [-0.39, 0.29) is 0 Å². The summed E-state index contributed by atoms with van der Waals surface area (Å²) in [6, 6.07) is 0. The van der Waals surface area contributed by atoms with Crippen LogP contribution in [-0.4, -0.2) is 23.4 Å². The summed E-state index contributed by atoms with van der Waals surface area (Å²) in [5, 5.41) is 17.3. The third-order valence-electron chi connectivity index (χ3n) is 2.23. The van der Waals surface area contributed by atoms with E-state index in [4.69, 9.17) is 10.2 Å². The summed E-state index contributed by atoms with van der Waals surface area (Å²) in [4.78, 5) is 0. The molecule has 0 fully saturated rings. The molecule has 0 unspecified atom stereocenters. The lowest BCUT2D eigenvalue weighted by atomic mass is 10.1. The van der Waals surface area contributed by atoms with Gasteiger partial charge in [0, 0.05) is 13.2 Å². The van der Waals surface area contributed by atoms with Gasteiger partial charge in [-0.15, -0.1) is 0 Å². The minimum absolute atomic E-state index is 0.299. The summed E-state index contributed by atoms with van der Waals surface area (Å²) in [6.07, 6.45) is 6.14. The second kappa shape index (κ2) is 9.93. The highest BCUT2D eigenvalue weighted by atomic mass is 127. The molecule has 0 saturated heterocycles. The molecule has 0 rings (SSSR count). The summed E-state index contributed by atoms with van der Waals surface area (Å²) in [7, 11) is 0. The molecule has 0 aromatic rings. The molecule has 0 saturated carbocycles. The summed E-state index contributed by atoms with van der Waals surface area (Å²) in [6.45, 7) is 2.76. The van der Waals surface area contributed by atoms with Crippen LogP contribution in [0.5, 0.6) is 0 Å². The Morgan fingerprint density at radius 1 is 0.929 bits per heavy atom. The fourth-order valence-electron chi connectivity index (χ4n) is 1.24. The van der Waals surface area contributed by atoms with E-state index in [2.05, 4.69) is 29.5 Å². The van der Waals surface area contributed by atoms with Crippen molar-refractivity contribution < 1.29 is 10.2 Å². The molecular weight excluding hydrogens is 291 g/mol. The summed E-state index contributed by atoms with van der Waals surface area (Å²) >= 11 is 2.39. The largest absolute Gasteiger partial charge is 0.396 e. The van der Waals surface area contributed by atoms with Gasteiger partial charge in [-0.2, -0.15) is 0 Å². The van der Waals surface area contributed by atoms with Crippen molar-refractivity contribution in [3.05, 3.63) is 9.15 Å². The van der Waals surface area contributed by atoms with Crippen molar-refractivity contribution in [3.8, 4) is 0 Å². The van der Waals surface area contributed by atoms with Gasteiger partial charge in [0.1, 0.15) is 0 Å². The Labute approximate surface area is 101 Å². The number of halogens is 1. The monoisotopic (exact) mass is 312 g/mol. The molecule has 0 amide bonds. The van der Waals surface area contributed by atoms with Gasteiger partial charge in [0.25, 0.3) is 0 Å². The molecule has 0 spiro atoms. The number of rotatable bonds is 8. The van der Waals surface area contributed by atoms with Crippen LogP contribution in [0.25, 0.3) is 0 Å². The molecule has 3 heteroatoms. The number of allylic oxidation sites excluding steroid dienone is 2. The fourth-order valence-corrected chi connectivity index (χ4v) is 1.89. The normalized spacial score (nSPS) is 12.9. The van der Waals surface area contributed by atoms with Crippen molar-refractivity contribution in [2.75, 3.05) is 13.2 Å². The second-order valence-corrected chi connectivity index (χ2v) is 4.85. The minimum Gasteiger partial charge on any atom is -0.396 e. The maximum atomic E-state index is 8.65. The molecular formula is C11H21IO2. The molecule has 0 bridgehead atoms. The van der Waals surface area contributed by atoms with Crippen LogP contribution < -0.4 is 0 Å². The first-order valence-corrected chi connectivity index (χ1v) is 6.36. The number of hydrogen-bond donors (Lipinski definition) is 2. The zero-order valence-electron chi connectivity index (χ0n) is 8.93. The molecule has 0 aromatic heterocycles. The predicted octanol–water partition coefficient (Wildman–Crippen LogP) is 3.02. The Kier molecular flexibility index (Phi) is 10.2. The first-order valence-electron chi connectivity index (χ1n) is 5.28. The topological polar surface area (TPSA) is 40.5 Å². The fraction of sp³-hybridized carbons (Fsp3) is 0.818. The van der Waals surface area contributed by atoms with E-state index in [1.165, 1.54) is 9.15 Å². The van der Waals surface area contributed by atoms with Crippen LogP contribution in [0.4, 0.5) is 0 Å². The zero-order valence-corrected chi connectivity index (χ0v) is 11.1. The van der Waals surface area contributed by atoms with Gasteiger partial charge >= 0.3 is 0 Å². The maximum absolute atomic E-state index is 8.65. The molecule has 0 heterocycles. The average Bonchev–Trinajstić information content (AvgIpc) is 2.18. The van der Waals surface area contributed by atoms with Crippen LogP contribution >= 0.6 is 22.6 Å². The van der Waals surface area contributed by atoms with E-state index in [0.717, 1.165) is 38.5 Å². The van der Waals surface area contributed by atoms with E-state index in [9.17, 15) is 0 Å². The van der Waals surface area contributed by atoms with Crippen molar-refractivity contribution in [1.82, 2.24) is 0 Å². The predicted molar refractivity (Wildman–Crippen MR) is 68.6 cm³/mol. The van der Waals surface area contributed by atoms with Gasteiger partial charge < -0.3 is 10.2 Å². The first-order chi connectivity index (χ1) is 6.72. The molecule has 0 atom stereocenters. The van der Waals surface area contributed by atoms with E-state index in [0.29, 0.717) is 13.2 Å². The van der Waals surface area contributed by atoms with Gasteiger partial charge in [0.05, 0.1) is 0 Å². The Morgan fingerprint density at radius 2 is 1.43 bits per heavy atom. The van der Waals surface area contributed by atoms with Crippen LogP contribution in [0, 0.1) is 0 Å². The SMILES string of the molecule is C/C(CCCCO)=C(/I)CCCCO. The van der Waals surface area contributed by atoms with Gasteiger partial charge in [-0.1, -0.05) is 5.57 Å². The number of unbranched alkanes of at least 4 members (excludes halogenated alkanes) is 2. The molecule has 0 aromatic carbocycles. The number of aliphatic hydroxyl groups excluding tert-OH is 2. The van der Waals surface area contributed by atoms with Crippen molar-refractivity contribution >= 4 is 22.6 Å². The molecule has 0 aliphatic heterocycles. The van der Waals surface area contributed by atoms with E-state index in [1.807, 2.05) is 0 Å². The van der Waals surface area contributed by atoms with Crippen LogP contribution in [0.1, 0.15) is 45.4 Å². The molecule has 84 valence electrons. The molecule has 2 nitrogen and oxygen atoms in total. The van der Waals surface area contributed by atoms with Gasteiger partial charge in [0.15, 0.2) is 0 Å². The lowest BCUT2D eigenvalue weighted by molar-refractivity contribution is 0.284. The molecule has 0 aliphatic carbocycles. The van der Waals surface area contributed by atoms with Crippen LogP contribution in [0.3, 0.4) is 0 Å². The average molecular weight is 312 g/mol. The highest BCUT2D eigenvalue weighted by molar-refractivity contribution is 14.1. The lowest BCUT2D eigenvalue weighted by Crippen LogP contribution is -1.88. The molecule has 0 aliphatic rings. The smallest absolute Gasteiger partial charge is 0.0431 e. The maximum Gasteiger partial charge on any atom is 0.0431 e. The standard InChI is InChI=1S/C11H21IO2/c1-10(6-2-4-8-13)11(12)7-3-5-9-14/h13-14H,2-9H2,1H3/b11-10-. The Bertz CT molecular complexity index is 149. The molecule has 14 heavy (non-hydrogen) atoms. The van der Waals surface area contributed by atoms with Crippen LogP contribution in [-0.2, 0) is 0 Å². The molecule has 2 N–H and O–H groups in total. The van der Waals surface area contributed by atoms with Crippen molar-refractivity contribution in [2.24, 2.45) is 0 Å². The first kappa shape index (κ1) is 14.4. The van der Waals surface area contributed by atoms with Gasteiger partial charge in [-0.05, 0) is 71.6 Å². The third kappa shape index (κ3) is 7.76. The molecule has 0 radical (unpaired) electrons. The second-order valence-electron chi connectivity index (χ2n) is 3.55. The van der Waals surface area contributed by atoms with Crippen molar-refractivity contribution in [1.29, 1.82) is 0 Å². The van der Waals surface area contributed by atoms with Crippen molar-refractivity contribution in [3.63, 3.8) is 0 Å². The highest BCUT2D eigenvalue weighted by Crippen LogP contribution is 2.22. The highest BCUT2D eigenvalue weighted by Gasteiger charge is 1.99. The Balaban J connectivity index is 3.66. The summed E-state index contributed by atoms with van der Waals surface area (Å²) in [5.74, 6) is 0. The summed E-state index contributed by atoms with van der Waals surface area (Å²) in [5.41, 5.74) is 1.44. The van der Waals surface area contributed by atoms with E-state index < -0.39 is 0 Å². The lowest BCUT2D eigenvalue weighted by Gasteiger charge is -2.05. The number of aliphatic hydroxyl groups is 2. The van der Waals surface area contributed by atoms with Gasteiger partial charge in [-0.3, -0.25) is 0 Å². The van der Waals surface area contributed by atoms with Crippen molar-refractivity contribution in [2.45, 2.75) is 45.4 Å². The summed E-state index contributed by atoms with van der Waals surface area (Å²) < 4.78 is 1.42.